The molecule has 2 heterocycles. The summed E-state index contributed by atoms with van der Waals surface area (Å²) in [5.41, 5.74) is 3.74. The number of nitrogens with one attached hydrogen (secondary N) is 2. The van der Waals surface area contributed by atoms with Gasteiger partial charge in [0.25, 0.3) is 5.91 Å². The lowest BCUT2D eigenvalue weighted by Crippen LogP contribution is -2.27. The van der Waals surface area contributed by atoms with Crippen molar-refractivity contribution in [2.45, 2.75) is 40.2 Å². The van der Waals surface area contributed by atoms with Gasteiger partial charge in [-0.05, 0) is 33.8 Å². The molecule has 0 fully saturated rings. The number of carbonyl (C=O) groups excluding carboxylic acids is 2. The molecule has 2 rings (SSSR count). The minimum atomic E-state index is -0.336. The fraction of sp³-hybridized carbons (Fsp3) is 0.500. The number of H-pyrrole nitrogens is 1. The second kappa shape index (κ2) is 7.29. The molecule has 24 heavy (non-hydrogen) atoms. The summed E-state index contributed by atoms with van der Waals surface area (Å²) in [5, 5.41) is 13.9. The van der Waals surface area contributed by atoms with E-state index >= 15 is 0 Å². The van der Waals surface area contributed by atoms with Crippen molar-refractivity contribution in [2.75, 3.05) is 6.54 Å². The third kappa shape index (κ3) is 4.01. The molecule has 0 saturated carbocycles. The van der Waals surface area contributed by atoms with E-state index in [1.54, 1.807) is 24.6 Å². The van der Waals surface area contributed by atoms with Crippen molar-refractivity contribution in [3.05, 3.63) is 23.1 Å². The quantitative estimate of drug-likeness (QED) is 0.780. The number of rotatable bonds is 6. The molecule has 130 valence electrons. The predicted octanol–water partition coefficient (Wildman–Crippen LogP) is 1.50. The topological polar surface area (TPSA) is 102 Å². The summed E-state index contributed by atoms with van der Waals surface area (Å²) in [6.45, 7) is 7.63. The number of hydrogen-bond acceptors (Lipinski definition) is 5. The van der Waals surface area contributed by atoms with Crippen LogP contribution in [0.1, 0.15) is 42.1 Å². The monoisotopic (exact) mass is 333 g/mol. The smallest absolute Gasteiger partial charge is 0.307 e. The van der Waals surface area contributed by atoms with Crippen molar-refractivity contribution in [3.8, 4) is 11.3 Å². The highest BCUT2D eigenvalue weighted by Crippen LogP contribution is 2.25. The molecule has 0 unspecified atom stereocenters. The van der Waals surface area contributed by atoms with Crippen molar-refractivity contribution in [1.29, 1.82) is 0 Å². The van der Waals surface area contributed by atoms with Crippen molar-refractivity contribution >= 4 is 11.9 Å². The van der Waals surface area contributed by atoms with E-state index < -0.39 is 0 Å². The highest BCUT2D eigenvalue weighted by molar-refractivity contribution is 5.93. The van der Waals surface area contributed by atoms with E-state index in [-0.39, 0.29) is 30.9 Å². The van der Waals surface area contributed by atoms with Gasteiger partial charge in [0.1, 0.15) is 5.69 Å². The molecule has 0 aliphatic heterocycles. The highest BCUT2D eigenvalue weighted by Gasteiger charge is 2.17. The largest absolute Gasteiger partial charge is 0.463 e. The van der Waals surface area contributed by atoms with Crippen LogP contribution in [-0.4, -0.2) is 44.5 Å². The van der Waals surface area contributed by atoms with Crippen LogP contribution in [0.5, 0.6) is 0 Å². The molecule has 0 saturated heterocycles. The molecule has 0 atom stereocenters. The molecule has 0 aliphatic carbocycles. The zero-order valence-corrected chi connectivity index (χ0v) is 14.6. The standard InChI is InChI=1S/C16H23N5O3/c1-9(2)24-14(22)6-7-17-16(23)13-8-12(18-19-13)15-10(3)20-21(5)11(15)4/h8-9H,6-7H2,1-5H3,(H,17,23)(H,18,19). The SMILES string of the molecule is Cc1nn(C)c(C)c1-c1cc(C(=O)NCCC(=O)OC(C)C)[nH]n1. The first-order valence-electron chi connectivity index (χ1n) is 7.83. The van der Waals surface area contributed by atoms with Crippen LogP contribution in [0.2, 0.25) is 0 Å². The molecular weight excluding hydrogens is 310 g/mol. The van der Waals surface area contributed by atoms with Crippen LogP contribution in [0.3, 0.4) is 0 Å². The van der Waals surface area contributed by atoms with Crippen molar-refractivity contribution < 1.29 is 14.3 Å². The maximum Gasteiger partial charge on any atom is 0.307 e. The van der Waals surface area contributed by atoms with Gasteiger partial charge in [0.2, 0.25) is 0 Å². The Balaban J connectivity index is 1.98. The number of carbonyl (C=O) groups is 2. The second-order valence-electron chi connectivity index (χ2n) is 5.88. The van der Waals surface area contributed by atoms with Crippen LogP contribution in [0.4, 0.5) is 0 Å². The van der Waals surface area contributed by atoms with E-state index in [0.29, 0.717) is 11.4 Å². The Hall–Kier alpha value is -2.64. The highest BCUT2D eigenvalue weighted by atomic mass is 16.5. The zero-order valence-electron chi connectivity index (χ0n) is 14.6. The summed E-state index contributed by atoms with van der Waals surface area (Å²) < 4.78 is 6.79. The van der Waals surface area contributed by atoms with Gasteiger partial charge in [-0.2, -0.15) is 10.2 Å². The normalized spacial score (nSPS) is 10.9. The van der Waals surface area contributed by atoms with Crippen LogP contribution in [0.25, 0.3) is 11.3 Å². The number of esters is 1. The zero-order chi connectivity index (χ0) is 17.9. The number of aromatic nitrogens is 4. The summed E-state index contributed by atoms with van der Waals surface area (Å²) in [6.07, 6.45) is -0.0273. The lowest BCUT2D eigenvalue weighted by molar-refractivity contribution is -0.147. The molecule has 2 aromatic rings. The number of nitrogens with zero attached hydrogens (tertiary/aromatic N) is 3. The Morgan fingerprint density at radius 2 is 2.08 bits per heavy atom. The molecule has 8 heteroatoms. The number of ether oxygens (including phenoxy) is 1. The molecule has 0 bridgehead atoms. The molecule has 8 nitrogen and oxygen atoms in total. The van der Waals surface area contributed by atoms with E-state index in [9.17, 15) is 9.59 Å². The number of aryl methyl sites for hydroxylation is 2. The summed E-state index contributed by atoms with van der Waals surface area (Å²) in [7, 11) is 1.86. The van der Waals surface area contributed by atoms with Crippen molar-refractivity contribution in [1.82, 2.24) is 25.3 Å². The average molecular weight is 333 g/mol. The summed E-state index contributed by atoms with van der Waals surface area (Å²) in [4.78, 5) is 23.5. The van der Waals surface area contributed by atoms with Gasteiger partial charge in [-0.25, -0.2) is 0 Å². The van der Waals surface area contributed by atoms with Gasteiger partial charge in [0.05, 0.1) is 23.9 Å². The van der Waals surface area contributed by atoms with Crippen molar-refractivity contribution in [3.63, 3.8) is 0 Å². The van der Waals surface area contributed by atoms with Crippen molar-refractivity contribution in [2.24, 2.45) is 7.05 Å². The third-order valence-corrected chi connectivity index (χ3v) is 3.57. The van der Waals surface area contributed by atoms with Crippen LogP contribution in [-0.2, 0) is 16.6 Å². The molecular formula is C16H23N5O3. The Morgan fingerprint density at radius 1 is 1.38 bits per heavy atom. The number of amides is 1. The van der Waals surface area contributed by atoms with Crippen LogP contribution < -0.4 is 5.32 Å². The van der Waals surface area contributed by atoms with Gasteiger partial charge in [-0.1, -0.05) is 0 Å². The first kappa shape index (κ1) is 17.7. The van der Waals surface area contributed by atoms with Crippen LogP contribution in [0.15, 0.2) is 6.07 Å². The summed E-state index contributed by atoms with van der Waals surface area (Å²) in [5.74, 6) is -0.650. The maximum absolute atomic E-state index is 12.1. The van der Waals surface area contributed by atoms with Gasteiger partial charge in [0.15, 0.2) is 0 Å². The lowest BCUT2D eigenvalue weighted by atomic mass is 10.1. The lowest BCUT2D eigenvalue weighted by Gasteiger charge is -2.07. The molecule has 1 amide bonds. The third-order valence-electron chi connectivity index (χ3n) is 3.57. The average Bonchev–Trinajstić information content (AvgIpc) is 3.04. The second-order valence-corrected chi connectivity index (χ2v) is 5.88. The molecule has 2 N–H and O–H groups in total. The Bertz CT molecular complexity index is 745. The molecule has 0 aromatic carbocycles. The molecule has 2 aromatic heterocycles. The minimum Gasteiger partial charge on any atom is -0.463 e. The maximum atomic E-state index is 12.1. The Kier molecular flexibility index (Phi) is 5.38. The van der Waals surface area contributed by atoms with E-state index in [1.165, 1.54) is 0 Å². The van der Waals surface area contributed by atoms with E-state index in [4.69, 9.17) is 4.74 Å². The Morgan fingerprint density at radius 3 is 2.67 bits per heavy atom. The van der Waals surface area contributed by atoms with E-state index in [0.717, 1.165) is 17.0 Å². The van der Waals surface area contributed by atoms with Gasteiger partial charge >= 0.3 is 5.97 Å². The van der Waals surface area contributed by atoms with E-state index in [1.807, 2.05) is 20.9 Å². The summed E-state index contributed by atoms with van der Waals surface area (Å²) >= 11 is 0. The van der Waals surface area contributed by atoms with Gasteiger partial charge in [0, 0.05) is 24.8 Å². The molecule has 0 aliphatic rings. The molecule has 0 spiro atoms. The first-order chi connectivity index (χ1) is 11.3. The minimum absolute atomic E-state index is 0.131. The van der Waals surface area contributed by atoms with Gasteiger partial charge < -0.3 is 10.1 Å². The first-order valence-corrected chi connectivity index (χ1v) is 7.83. The predicted molar refractivity (Wildman–Crippen MR) is 88.4 cm³/mol. The Labute approximate surface area is 140 Å². The summed E-state index contributed by atoms with van der Waals surface area (Å²) in [6, 6.07) is 1.68. The van der Waals surface area contributed by atoms with Crippen LogP contribution >= 0.6 is 0 Å². The fourth-order valence-corrected chi connectivity index (χ4v) is 2.41. The number of hydrogen-bond donors (Lipinski definition) is 2. The van der Waals surface area contributed by atoms with E-state index in [2.05, 4.69) is 20.6 Å². The van der Waals surface area contributed by atoms with Gasteiger partial charge in [-0.3, -0.25) is 19.4 Å². The molecule has 0 radical (unpaired) electrons. The van der Waals surface area contributed by atoms with Gasteiger partial charge in [-0.15, -0.1) is 0 Å². The van der Waals surface area contributed by atoms with Crippen LogP contribution in [0, 0.1) is 13.8 Å². The fourth-order valence-electron chi connectivity index (χ4n) is 2.41. The number of aromatic amines is 1.